The number of hydrogen-bond acceptors (Lipinski definition) is 5. The molecule has 1 aliphatic heterocycles. The van der Waals surface area contributed by atoms with Crippen LogP contribution in [0.25, 0.3) is 0 Å². The summed E-state index contributed by atoms with van der Waals surface area (Å²) in [5.74, 6) is 0.721. The monoisotopic (exact) mass is 430 g/mol. The van der Waals surface area contributed by atoms with Crippen molar-refractivity contribution in [2.75, 3.05) is 45.9 Å². The van der Waals surface area contributed by atoms with Gasteiger partial charge in [-0.25, -0.2) is 4.99 Å². The van der Waals surface area contributed by atoms with Crippen LogP contribution < -0.4 is 10.6 Å². The van der Waals surface area contributed by atoms with E-state index >= 15 is 0 Å². The van der Waals surface area contributed by atoms with Crippen molar-refractivity contribution in [3.63, 3.8) is 0 Å². The molecule has 1 aliphatic rings. The molecule has 7 heteroatoms. The summed E-state index contributed by atoms with van der Waals surface area (Å²) in [6, 6.07) is 10.9. The van der Waals surface area contributed by atoms with Crippen LogP contribution in [0.3, 0.4) is 0 Å². The third-order valence-electron chi connectivity index (χ3n) is 5.41. The first-order valence-corrected chi connectivity index (χ1v) is 11.6. The lowest BCUT2D eigenvalue weighted by molar-refractivity contribution is 0.0169. The minimum Gasteiger partial charge on any atom is -0.383 e. The topological polar surface area (TPSA) is 69.1 Å². The molecule has 3 rings (SSSR count). The SMILES string of the molecule is CCNC(=NCC(C)(O)c1ccsc1)NCC(c1cccc(C)c1)N1CCOCC1. The Balaban J connectivity index is 1.72. The molecule has 0 bridgehead atoms. The van der Waals surface area contributed by atoms with Crippen molar-refractivity contribution in [1.29, 1.82) is 0 Å². The Bertz CT molecular complexity index is 801. The Kier molecular flexibility index (Phi) is 8.27. The number of aliphatic imine (C=N–C) groups is 1. The lowest BCUT2D eigenvalue weighted by Crippen LogP contribution is -2.46. The number of morpholine rings is 1. The maximum Gasteiger partial charge on any atom is 0.191 e. The average molecular weight is 431 g/mol. The number of benzene rings is 1. The normalized spacial score (nSPS) is 18.6. The summed E-state index contributed by atoms with van der Waals surface area (Å²) in [5, 5.41) is 21.6. The quantitative estimate of drug-likeness (QED) is 0.444. The number of aryl methyl sites for hydroxylation is 1. The van der Waals surface area contributed by atoms with Gasteiger partial charge >= 0.3 is 0 Å². The fourth-order valence-electron chi connectivity index (χ4n) is 3.65. The van der Waals surface area contributed by atoms with Gasteiger partial charge in [-0.15, -0.1) is 0 Å². The molecule has 0 amide bonds. The third-order valence-corrected chi connectivity index (χ3v) is 6.09. The van der Waals surface area contributed by atoms with Gasteiger partial charge in [0.2, 0.25) is 0 Å². The van der Waals surface area contributed by atoms with Crippen LogP contribution in [-0.4, -0.2) is 61.9 Å². The van der Waals surface area contributed by atoms with Crippen LogP contribution in [0.2, 0.25) is 0 Å². The van der Waals surface area contributed by atoms with E-state index in [9.17, 15) is 5.11 Å². The van der Waals surface area contributed by atoms with Gasteiger partial charge in [-0.3, -0.25) is 4.90 Å². The highest BCUT2D eigenvalue weighted by Gasteiger charge is 2.25. The first kappa shape index (κ1) is 22.7. The molecule has 2 heterocycles. The number of aliphatic hydroxyl groups is 1. The fraction of sp³-hybridized carbons (Fsp3) is 0.522. The van der Waals surface area contributed by atoms with Gasteiger partial charge in [0.15, 0.2) is 5.96 Å². The Hall–Kier alpha value is -1.93. The van der Waals surface area contributed by atoms with Gasteiger partial charge in [-0.05, 0) is 48.7 Å². The minimum atomic E-state index is -0.984. The summed E-state index contributed by atoms with van der Waals surface area (Å²) >= 11 is 1.58. The first-order chi connectivity index (χ1) is 14.5. The van der Waals surface area contributed by atoms with E-state index in [4.69, 9.17) is 4.74 Å². The van der Waals surface area contributed by atoms with Crippen LogP contribution in [0.4, 0.5) is 0 Å². The first-order valence-electron chi connectivity index (χ1n) is 10.6. The van der Waals surface area contributed by atoms with Crippen LogP contribution in [0.5, 0.6) is 0 Å². The Morgan fingerprint density at radius 1 is 1.30 bits per heavy atom. The second-order valence-electron chi connectivity index (χ2n) is 7.94. The summed E-state index contributed by atoms with van der Waals surface area (Å²) in [4.78, 5) is 7.14. The minimum absolute atomic E-state index is 0.232. The molecule has 6 nitrogen and oxygen atoms in total. The molecule has 0 radical (unpaired) electrons. The number of hydrogen-bond donors (Lipinski definition) is 3. The highest BCUT2D eigenvalue weighted by molar-refractivity contribution is 7.08. The molecular weight excluding hydrogens is 396 g/mol. The van der Waals surface area contributed by atoms with Gasteiger partial charge in [-0.2, -0.15) is 11.3 Å². The number of guanidine groups is 1. The zero-order chi connectivity index (χ0) is 21.4. The molecule has 1 fully saturated rings. The van der Waals surface area contributed by atoms with Crippen LogP contribution in [0.1, 0.15) is 36.6 Å². The van der Waals surface area contributed by atoms with Crippen molar-refractivity contribution in [3.8, 4) is 0 Å². The van der Waals surface area contributed by atoms with E-state index in [-0.39, 0.29) is 6.04 Å². The second kappa shape index (κ2) is 10.9. The van der Waals surface area contributed by atoms with Gasteiger partial charge in [0, 0.05) is 26.2 Å². The maximum atomic E-state index is 10.8. The van der Waals surface area contributed by atoms with E-state index < -0.39 is 5.60 Å². The Morgan fingerprint density at radius 3 is 2.77 bits per heavy atom. The van der Waals surface area contributed by atoms with Crippen molar-refractivity contribution >= 4 is 17.3 Å². The molecule has 164 valence electrons. The molecule has 0 aliphatic carbocycles. The van der Waals surface area contributed by atoms with Crippen LogP contribution in [-0.2, 0) is 10.3 Å². The molecule has 2 aromatic rings. The zero-order valence-corrected chi connectivity index (χ0v) is 19.0. The average Bonchev–Trinajstić information content (AvgIpc) is 3.29. The van der Waals surface area contributed by atoms with Gasteiger partial charge in [0.1, 0.15) is 5.60 Å². The van der Waals surface area contributed by atoms with Crippen molar-refractivity contribution in [1.82, 2.24) is 15.5 Å². The predicted octanol–water partition coefficient (Wildman–Crippen LogP) is 2.89. The Morgan fingerprint density at radius 2 is 2.10 bits per heavy atom. The van der Waals surface area contributed by atoms with Crippen LogP contribution in [0.15, 0.2) is 46.1 Å². The van der Waals surface area contributed by atoms with Crippen molar-refractivity contribution in [3.05, 3.63) is 57.8 Å². The lowest BCUT2D eigenvalue weighted by Gasteiger charge is -2.35. The van der Waals surface area contributed by atoms with Crippen LogP contribution in [0, 0.1) is 6.92 Å². The van der Waals surface area contributed by atoms with Crippen LogP contribution >= 0.6 is 11.3 Å². The predicted molar refractivity (Wildman–Crippen MR) is 124 cm³/mol. The maximum absolute atomic E-state index is 10.8. The molecule has 1 saturated heterocycles. The highest BCUT2D eigenvalue weighted by Crippen LogP contribution is 2.24. The largest absolute Gasteiger partial charge is 0.383 e. The third kappa shape index (κ3) is 6.28. The second-order valence-corrected chi connectivity index (χ2v) is 8.72. The van der Waals surface area contributed by atoms with Gasteiger partial charge in [0.05, 0.1) is 25.8 Å². The zero-order valence-electron chi connectivity index (χ0n) is 18.2. The van der Waals surface area contributed by atoms with Gasteiger partial charge < -0.3 is 20.5 Å². The van der Waals surface area contributed by atoms with Gasteiger partial charge in [-0.1, -0.05) is 29.8 Å². The van der Waals surface area contributed by atoms with Crippen molar-refractivity contribution in [2.24, 2.45) is 4.99 Å². The molecule has 3 N–H and O–H groups in total. The molecule has 1 aromatic carbocycles. The fourth-order valence-corrected chi connectivity index (χ4v) is 4.44. The number of nitrogens with zero attached hydrogens (tertiary/aromatic N) is 2. The van der Waals surface area contributed by atoms with E-state index in [2.05, 4.69) is 51.7 Å². The highest BCUT2D eigenvalue weighted by atomic mass is 32.1. The lowest BCUT2D eigenvalue weighted by atomic mass is 10.00. The number of ether oxygens (including phenoxy) is 1. The van der Waals surface area contributed by atoms with Gasteiger partial charge in [0.25, 0.3) is 0 Å². The van der Waals surface area contributed by atoms with E-state index in [1.165, 1.54) is 11.1 Å². The van der Waals surface area contributed by atoms with E-state index in [1.54, 1.807) is 11.3 Å². The summed E-state index contributed by atoms with van der Waals surface area (Å²) in [6.07, 6.45) is 0. The summed E-state index contributed by atoms with van der Waals surface area (Å²) < 4.78 is 5.56. The summed E-state index contributed by atoms with van der Waals surface area (Å²) in [6.45, 7) is 11.1. The number of rotatable bonds is 8. The molecule has 2 atom stereocenters. The molecule has 30 heavy (non-hydrogen) atoms. The summed E-state index contributed by atoms with van der Waals surface area (Å²) in [5.41, 5.74) is 2.48. The standard InChI is InChI=1S/C23H34N4O2S/c1-4-24-22(26-17-23(3,28)20-8-13-30-16-20)25-15-21(27-9-11-29-12-10-27)19-7-5-6-18(2)14-19/h5-8,13-14,16,21,28H,4,9-12,15,17H2,1-3H3,(H2,24,25,26). The Labute approximate surface area is 184 Å². The van der Waals surface area contributed by atoms with E-state index in [0.717, 1.165) is 50.9 Å². The molecule has 1 aromatic heterocycles. The van der Waals surface area contributed by atoms with E-state index in [0.29, 0.717) is 6.54 Å². The smallest absolute Gasteiger partial charge is 0.191 e. The van der Waals surface area contributed by atoms with Crippen molar-refractivity contribution in [2.45, 2.75) is 32.4 Å². The number of thiophene rings is 1. The molecule has 2 unspecified atom stereocenters. The van der Waals surface area contributed by atoms with E-state index in [1.807, 2.05) is 30.7 Å². The molecule has 0 spiro atoms. The molecule has 0 saturated carbocycles. The molecular formula is C23H34N4O2S. The number of nitrogens with one attached hydrogen (secondary N) is 2. The summed E-state index contributed by atoms with van der Waals surface area (Å²) in [7, 11) is 0. The van der Waals surface area contributed by atoms with Crippen molar-refractivity contribution < 1.29 is 9.84 Å².